The van der Waals surface area contributed by atoms with Gasteiger partial charge in [0.15, 0.2) is 0 Å². The van der Waals surface area contributed by atoms with Crippen LogP contribution in [0, 0.1) is 0 Å². The van der Waals surface area contributed by atoms with Crippen molar-refractivity contribution < 1.29 is 0 Å². The first-order valence-corrected chi connectivity index (χ1v) is 18.4. The lowest BCUT2D eigenvalue weighted by Gasteiger charge is -2.10. The summed E-state index contributed by atoms with van der Waals surface area (Å²) in [5, 5.41) is 0. The summed E-state index contributed by atoms with van der Waals surface area (Å²) >= 11 is 0. The molecule has 54 heavy (non-hydrogen) atoms. The molecule has 25 aliphatic rings. The normalized spacial score (nSPS) is 11.3. The maximum absolute atomic E-state index is 4.83. The smallest absolute Gasteiger partial charge is 0.0702 e. The van der Waals surface area contributed by atoms with Crippen LogP contribution in [0.5, 0.6) is 0 Å². The zero-order valence-electron chi connectivity index (χ0n) is 29.5. The molecule has 252 valence electrons. The Kier molecular flexibility index (Phi) is 7.85. The van der Waals surface area contributed by atoms with Crippen LogP contribution in [0.15, 0.2) is 207 Å². The van der Waals surface area contributed by atoms with E-state index in [0.29, 0.717) is 0 Å². The SMILES string of the molecule is c1cc2ccc1-c1ccc(cc1)-c1ccc(cc1)-c1ccc(cc1)-c1ccc(cn1)-c1ccc(cc1)-c1ccc(nc1)-c1ccc(cc1)-c1ccc-2cc1. The fraction of sp³-hybridized carbons (Fsp3) is 0. The van der Waals surface area contributed by atoms with Gasteiger partial charge in [-0.3, -0.25) is 9.97 Å². The summed E-state index contributed by atoms with van der Waals surface area (Å²) in [4.78, 5) is 9.66. The van der Waals surface area contributed by atoms with E-state index in [-0.39, 0.29) is 0 Å². The number of pyridine rings is 2. The van der Waals surface area contributed by atoms with E-state index in [1.165, 1.54) is 55.6 Å². The summed E-state index contributed by atoms with van der Waals surface area (Å²) in [5.41, 5.74) is 20.5. The van der Waals surface area contributed by atoms with Crippen molar-refractivity contribution >= 4 is 0 Å². The second-order valence-electron chi connectivity index (χ2n) is 13.9. The molecule has 18 aliphatic carbocycles. The summed E-state index contributed by atoms with van der Waals surface area (Å²) in [5.74, 6) is 0. The average molecular weight is 687 g/mol. The van der Waals surface area contributed by atoms with Crippen LogP contribution in [0.2, 0.25) is 0 Å². The van der Waals surface area contributed by atoms with E-state index >= 15 is 0 Å². The van der Waals surface area contributed by atoms with Gasteiger partial charge in [0.05, 0.1) is 11.4 Å². The minimum absolute atomic E-state index is 0.958. The van der Waals surface area contributed by atoms with Gasteiger partial charge >= 0.3 is 0 Å². The first-order chi connectivity index (χ1) is 26.7. The van der Waals surface area contributed by atoms with Crippen molar-refractivity contribution in [2.24, 2.45) is 0 Å². The third-order valence-electron chi connectivity index (χ3n) is 10.6. The van der Waals surface area contributed by atoms with Gasteiger partial charge in [-0.1, -0.05) is 182 Å². The van der Waals surface area contributed by atoms with Crippen LogP contribution in [0.3, 0.4) is 0 Å². The molecule has 9 aromatic rings. The molecule has 2 aromatic heterocycles. The Balaban J connectivity index is 0.987. The summed E-state index contributed by atoms with van der Waals surface area (Å²) in [6.07, 6.45) is 3.93. The largest absolute Gasteiger partial charge is 0.256 e. The van der Waals surface area contributed by atoms with Gasteiger partial charge in [0.2, 0.25) is 0 Å². The van der Waals surface area contributed by atoms with Gasteiger partial charge in [-0.25, -0.2) is 0 Å². The number of hydrogen-bond donors (Lipinski definition) is 0. The molecule has 0 atom stereocenters. The lowest BCUT2D eigenvalue weighted by Crippen LogP contribution is -1.88. The number of benzene rings is 7. The van der Waals surface area contributed by atoms with Crippen molar-refractivity contribution in [2.45, 2.75) is 0 Å². The molecule has 0 saturated heterocycles. The first-order valence-electron chi connectivity index (χ1n) is 18.4. The third-order valence-corrected chi connectivity index (χ3v) is 10.6. The molecular formula is C52H34N2. The quantitative estimate of drug-likeness (QED) is 0.159. The molecule has 2 heteroatoms. The lowest BCUT2D eigenvalue weighted by molar-refractivity contribution is 1.32. The van der Waals surface area contributed by atoms with Gasteiger partial charge in [0.25, 0.3) is 0 Å². The van der Waals surface area contributed by atoms with Gasteiger partial charge in [0.1, 0.15) is 0 Å². The Labute approximate surface area is 315 Å². The maximum atomic E-state index is 4.83. The monoisotopic (exact) mass is 686 g/mol. The highest BCUT2D eigenvalue weighted by molar-refractivity contribution is 5.78. The molecule has 0 unspecified atom stereocenters. The number of rotatable bonds is 0. The molecule has 2 nitrogen and oxygen atoms in total. The highest BCUT2D eigenvalue weighted by Gasteiger charge is 2.09. The van der Waals surface area contributed by atoms with E-state index < -0.39 is 0 Å². The van der Waals surface area contributed by atoms with Crippen molar-refractivity contribution in [1.29, 1.82) is 0 Å². The van der Waals surface area contributed by atoms with Crippen molar-refractivity contribution in [1.82, 2.24) is 9.97 Å². The van der Waals surface area contributed by atoms with Crippen LogP contribution in [0.25, 0.3) is 100 Å². The third kappa shape index (κ3) is 6.10. The van der Waals surface area contributed by atoms with Crippen molar-refractivity contribution in [3.05, 3.63) is 207 Å². The first kappa shape index (κ1) is 31.6. The number of nitrogens with zero attached hydrogens (tertiary/aromatic N) is 2. The molecule has 9 heterocycles. The topological polar surface area (TPSA) is 25.8 Å². The van der Waals surface area contributed by atoms with E-state index in [9.17, 15) is 0 Å². The van der Waals surface area contributed by atoms with E-state index in [2.05, 4.69) is 194 Å². The fourth-order valence-electron chi connectivity index (χ4n) is 7.41. The average Bonchev–Trinajstić information content (AvgIpc) is 3.27. The molecular weight excluding hydrogens is 653 g/mol. The molecule has 7 aliphatic heterocycles. The molecule has 0 amide bonds. The van der Waals surface area contributed by atoms with E-state index in [0.717, 1.165) is 44.8 Å². The summed E-state index contributed by atoms with van der Waals surface area (Å²) < 4.78 is 0. The van der Waals surface area contributed by atoms with Crippen LogP contribution in [0.4, 0.5) is 0 Å². The molecule has 0 fully saturated rings. The maximum Gasteiger partial charge on any atom is 0.0702 e. The zero-order chi connectivity index (χ0) is 35.8. The Bertz CT molecular complexity index is 1880. The van der Waals surface area contributed by atoms with Crippen molar-refractivity contribution in [3.63, 3.8) is 0 Å². The minimum atomic E-state index is 0.958. The van der Waals surface area contributed by atoms with Crippen molar-refractivity contribution in [3.8, 4) is 100 Å². The molecule has 0 N–H and O–H groups in total. The van der Waals surface area contributed by atoms with Gasteiger partial charge < -0.3 is 0 Å². The molecule has 0 radical (unpaired) electrons. The van der Waals surface area contributed by atoms with E-state index in [1.54, 1.807) is 0 Å². The Morgan fingerprint density at radius 1 is 0.148 bits per heavy atom. The van der Waals surface area contributed by atoms with Crippen LogP contribution in [-0.4, -0.2) is 9.97 Å². The van der Waals surface area contributed by atoms with Crippen molar-refractivity contribution in [2.75, 3.05) is 0 Å². The summed E-state index contributed by atoms with van der Waals surface area (Å²) in [6.45, 7) is 0. The summed E-state index contributed by atoms with van der Waals surface area (Å²) in [7, 11) is 0. The Morgan fingerprint density at radius 2 is 0.296 bits per heavy atom. The predicted octanol–water partition coefficient (Wildman–Crippen LogP) is 13.8. The van der Waals surface area contributed by atoms with Crippen LogP contribution < -0.4 is 0 Å². The molecule has 18 bridgehead atoms. The standard InChI is InChI=1S/C52H34N2/c1-5-37-6-2-35(1)36-3-7-38(8-4-36)40-11-15-42(16-12-40)44-23-27-48(28-24-44)52-32-30-50(34-54-52)46-19-17-45(18-20-46)49-29-31-51(53-33-49)47-25-21-43(22-26-47)41-13-9-39(37)10-14-41/h1-34H. The number of aromatic nitrogens is 2. The highest BCUT2D eigenvalue weighted by Crippen LogP contribution is 2.33. The van der Waals surface area contributed by atoms with Gasteiger partial charge in [-0.15, -0.1) is 0 Å². The van der Waals surface area contributed by atoms with Gasteiger partial charge in [0, 0.05) is 34.6 Å². The number of hydrogen-bond acceptors (Lipinski definition) is 2. The Morgan fingerprint density at radius 3 is 0.463 bits per heavy atom. The molecule has 0 saturated carbocycles. The van der Waals surface area contributed by atoms with Crippen LogP contribution in [-0.2, 0) is 0 Å². The van der Waals surface area contributed by atoms with Crippen LogP contribution in [0.1, 0.15) is 0 Å². The summed E-state index contributed by atoms with van der Waals surface area (Å²) in [6, 6.07) is 69.9. The van der Waals surface area contributed by atoms with Gasteiger partial charge in [-0.2, -0.15) is 0 Å². The predicted molar refractivity (Wildman–Crippen MR) is 225 cm³/mol. The van der Waals surface area contributed by atoms with Crippen LogP contribution >= 0.6 is 0 Å². The highest BCUT2D eigenvalue weighted by atomic mass is 14.7. The van der Waals surface area contributed by atoms with E-state index in [1.807, 2.05) is 12.4 Å². The minimum Gasteiger partial charge on any atom is -0.256 e. The second kappa shape index (κ2) is 13.4. The second-order valence-corrected chi connectivity index (χ2v) is 13.9. The fourth-order valence-corrected chi connectivity index (χ4v) is 7.41. The Hall–Kier alpha value is -7.16. The lowest BCUT2D eigenvalue weighted by atomic mass is 9.96. The van der Waals surface area contributed by atoms with E-state index in [4.69, 9.17) is 9.97 Å². The zero-order valence-corrected chi connectivity index (χ0v) is 29.5. The molecule has 7 aromatic carbocycles. The van der Waals surface area contributed by atoms with Gasteiger partial charge in [-0.05, 0) is 78.9 Å². The molecule has 0 spiro atoms. The molecule has 34 rings (SSSR count).